The van der Waals surface area contributed by atoms with E-state index in [0.717, 1.165) is 38.2 Å². The Balaban J connectivity index is 1.61. The van der Waals surface area contributed by atoms with E-state index in [1.54, 1.807) is 17.0 Å². The molecule has 2 amide bonds. The number of nitrogens with zero attached hydrogens (tertiary/aromatic N) is 3. The molecule has 0 radical (unpaired) electrons. The summed E-state index contributed by atoms with van der Waals surface area (Å²) in [5, 5.41) is 0. The van der Waals surface area contributed by atoms with Gasteiger partial charge < -0.3 is 9.80 Å². The van der Waals surface area contributed by atoms with Gasteiger partial charge in [-0.05, 0) is 36.5 Å². The third-order valence-electron chi connectivity index (χ3n) is 5.00. The number of carbonyl (C=O) groups excluding carboxylic acids is 1. The van der Waals surface area contributed by atoms with Crippen LogP contribution in [0.15, 0.2) is 30.3 Å². The smallest absolute Gasteiger partial charge is 0.319 e. The minimum Gasteiger partial charge on any atom is -0.331 e. The molecule has 3 aliphatic heterocycles. The van der Waals surface area contributed by atoms with Crippen molar-refractivity contribution in [2.75, 3.05) is 40.3 Å². The Morgan fingerprint density at radius 3 is 2.67 bits per heavy atom. The number of benzene rings is 1. The van der Waals surface area contributed by atoms with Crippen molar-refractivity contribution in [3.8, 4) is 0 Å². The number of hydrogen-bond donors (Lipinski definition) is 0. The van der Waals surface area contributed by atoms with E-state index in [1.165, 1.54) is 18.6 Å². The summed E-state index contributed by atoms with van der Waals surface area (Å²) in [4.78, 5) is 18.5. The molecule has 3 aliphatic rings. The summed E-state index contributed by atoms with van der Waals surface area (Å²) in [6.07, 6.45) is 6.55. The Labute approximate surface area is 143 Å². The van der Waals surface area contributed by atoms with Crippen molar-refractivity contribution < 1.29 is 9.18 Å². The molecule has 130 valence electrons. The number of piperidine rings is 1. The maximum atomic E-state index is 12.9. The van der Waals surface area contributed by atoms with Crippen LogP contribution in [0, 0.1) is 11.7 Å². The van der Waals surface area contributed by atoms with Crippen LogP contribution in [0.1, 0.15) is 18.4 Å². The number of fused-ring (bicyclic) bond motifs is 4. The molecule has 0 aromatic heterocycles. The van der Waals surface area contributed by atoms with E-state index in [0.29, 0.717) is 12.0 Å². The first-order valence-corrected chi connectivity index (χ1v) is 8.65. The summed E-state index contributed by atoms with van der Waals surface area (Å²) < 4.78 is 12.9. The molecule has 2 atom stereocenters. The number of hydrogen-bond acceptors (Lipinski definition) is 2. The average Bonchev–Trinajstić information content (AvgIpc) is 2.87. The molecule has 3 heterocycles. The van der Waals surface area contributed by atoms with Crippen LogP contribution in [-0.2, 0) is 0 Å². The number of carbonyl (C=O) groups is 1. The monoisotopic (exact) mass is 331 g/mol. The zero-order chi connectivity index (χ0) is 17.1. The molecule has 4 rings (SSSR count). The first-order chi connectivity index (χ1) is 11.5. The SMILES string of the molecule is CN(C)C(=O)N1C[C@@H]2CC[C@H](C1)N(C/C=C/c1ccc(F)cc1)C2. The van der Waals surface area contributed by atoms with Gasteiger partial charge in [0.05, 0.1) is 0 Å². The molecule has 0 saturated carbocycles. The Bertz CT molecular complexity index is 599. The van der Waals surface area contributed by atoms with Crippen molar-refractivity contribution in [3.05, 3.63) is 41.7 Å². The molecule has 3 saturated heterocycles. The molecule has 0 N–H and O–H groups in total. The van der Waals surface area contributed by atoms with Crippen molar-refractivity contribution in [2.45, 2.75) is 18.9 Å². The molecule has 24 heavy (non-hydrogen) atoms. The zero-order valence-corrected chi connectivity index (χ0v) is 14.5. The molecule has 0 spiro atoms. The highest BCUT2D eigenvalue weighted by Gasteiger charge is 2.36. The minimum absolute atomic E-state index is 0.121. The maximum Gasteiger partial charge on any atom is 0.319 e. The van der Waals surface area contributed by atoms with Gasteiger partial charge in [-0.25, -0.2) is 9.18 Å². The normalized spacial score (nSPS) is 24.4. The molecule has 0 unspecified atom stereocenters. The van der Waals surface area contributed by atoms with Gasteiger partial charge >= 0.3 is 6.03 Å². The van der Waals surface area contributed by atoms with Crippen molar-refractivity contribution in [2.24, 2.45) is 5.92 Å². The van der Waals surface area contributed by atoms with Gasteiger partial charge in [-0.2, -0.15) is 0 Å². The van der Waals surface area contributed by atoms with Crippen LogP contribution in [0.3, 0.4) is 0 Å². The van der Waals surface area contributed by atoms with Gasteiger partial charge in [0.2, 0.25) is 0 Å². The fourth-order valence-electron chi connectivity index (χ4n) is 3.74. The largest absolute Gasteiger partial charge is 0.331 e. The first-order valence-electron chi connectivity index (χ1n) is 8.65. The van der Waals surface area contributed by atoms with Crippen LogP contribution < -0.4 is 0 Å². The summed E-state index contributed by atoms with van der Waals surface area (Å²) in [5.74, 6) is 0.356. The van der Waals surface area contributed by atoms with Crippen LogP contribution in [0.25, 0.3) is 6.08 Å². The van der Waals surface area contributed by atoms with E-state index in [2.05, 4.69) is 11.0 Å². The van der Waals surface area contributed by atoms with Gasteiger partial charge in [-0.15, -0.1) is 0 Å². The van der Waals surface area contributed by atoms with E-state index in [9.17, 15) is 9.18 Å². The fraction of sp³-hybridized carbons (Fsp3) is 0.526. The van der Waals surface area contributed by atoms with E-state index < -0.39 is 0 Å². The summed E-state index contributed by atoms with van der Waals surface area (Å²) in [6.45, 7) is 3.61. The van der Waals surface area contributed by atoms with Crippen LogP contribution in [0.5, 0.6) is 0 Å². The lowest BCUT2D eigenvalue weighted by atomic mass is 9.95. The highest BCUT2D eigenvalue weighted by atomic mass is 19.1. The van der Waals surface area contributed by atoms with E-state index in [-0.39, 0.29) is 11.8 Å². The maximum absolute atomic E-state index is 12.9. The molecule has 5 heteroatoms. The molecule has 1 aromatic rings. The number of urea groups is 1. The van der Waals surface area contributed by atoms with E-state index in [1.807, 2.05) is 25.1 Å². The molecular formula is C19H26FN3O. The standard InChI is InChI=1S/C19H26FN3O/c1-21(2)19(24)23-13-16-7-10-18(14-23)22(12-16)11-3-4-15-5-8-17(20)9-6-15/h3-6,8-9,16,18H,7,10-14H2,1-2H3/b4-3+/t16-,18-/m1/s1. The molecular weight excluding hydrogens is 305 g/mol. The van der Waals surface area contributed by atoms with Gasteiger partial charge in [-0.3, -0.25) is 4.90 Å². The van der Waals surface area contributed by atoms with Gasteiger partial charge in [-0.1, -0.05) is 24.3 Å². The topological polar surface area (TPSA) is 26.8 Å². The highest BCUT2D eigenvalue weighted by molar-refractivity contribution is 5.74. The van der Waals surface area contributed by atoms with Crippen molar-refractivity contribution >= 4 is 12.1 Å². The molecule has 4 nitrogen and oxygen atoms in total. The Morgan fingerprint density at radius 2 is 1.96 bits per heavy atom. The Morgan fingerprint density at radius 1 is 1.21 bits per heavy atom. The predicted molar refractivity (Wildman–Crippen MR) is 94.2 cm³/mol. The lowest BCUT2D eigenvalue weighted by molar-refractivity contribution is 0.144. The van der Waals surface area contributed by atoms with E-state index >= 15 is 0 Å². The molecule has 0 aliphatic carbocycles. The fourth-order valence-corrected chi connectivity index (χ4v) is 3.74. The predicted octanol–water partition coefficient (Wildman–Crippen LogP) is 2.92. The van der Waals surface area contributed by atoms with Crippen LogP contribution in [0.2, 0.25) is 0 Å². The summed E-state index contributed by atoms with van der Waals surface area (Å²) in [6, 6.07) is 7.10. The van der Waals surface area contributed by atoms with E-state index in [4.69, 9.17) is 0 Å². The first kappa shape index (κ1) is 17.0. The van der Waals surface area contributed by atoms with Crippen molar-refractivity contribution in [1.82, 2.24) is 14.7 Å². The van der Waals surface area contributed by atoms with Gasteiger partial charge in [0, 0.05) is 46.3 Å². The third kappa shape index (κ3) is 3.96. The highest BCUT2D eigenvalue weighted by Crippen LogP contribution is 2.28. The van der Waals surface area contributed by atoms with Crippen molar-refractivity contribution in [3.63, 3.8) is 0 Å². The Kier molecular flexibility index (Phi) is 5.19. The average molecular weight is 331 g/mol. The second kappa shape index (κ2) is 7.34. The second-order valence-electron chi connectivity index (χ2n) is 7.09. The van der Waals surface area contributed by atoms with Crippen LogP contribution in [-0.4, -0.2) is 67.0 Å². The number of amides is 2. The summed E-state index contributed by atoms with van der Waals surface area (Å²) in [7, 11) is 3.64. The Hall–Kier alpha value is -1.88. The van der Waals surface area contributed by atoms with Gasteiger partial charge in [0.25, 0.3) is 0 Å². The lowest BCUT2D eigenvalue weighted by Crippen LogP contribution is -2.46. The third-order valence-corrected chi connectivity index (χ3v) is 5.00. The second-order valence-corrected chi connectivity index (χ2v) is 7.09. The molecule has 2 bridgehead atoms. The lowest BCUT2D eigenvalue weighted by Gasteiger charge is -2.35. The number of rotatable bonds is 3. The summed E-state index contributed by atoms with van der Waals surface area (Å²) >= 11 is 0. The molecule has 1 aromatic carbocycles. The molecule has 3 fully saturated rings. The van der Waals surface area contributed by atoms with Crippen LogP contribution >= 0.6 is 0 Å². The zero-order valence-electron chi connectivity index (χ0n) is 14.5. The number of halogens is 1. The summed E-state index contributed by atoms with van der Waals surface area (Å²) in [5.41, 5.74) is 1.01. The van der Waals surface area contributed by atoms with Gasteiger partial charge in [0.1, 0.15) is 5.82 Å². The van der Waals surface area contributed by atoms with Crippen molar-refractivity contribution in [1.29, 1.82) is 0 Å². The minimum atomic E-state index is -0.206. The van der Waals surface area contributed by atoms with Crippen LogP contribution in [0.4, 0.5) is 9.18 Å². The van der Waals surface area contributed by atoms with Gasteiger partial charge in [0.15, 0.2) is 0 Å². The quantitative estimate of drug-likeness (QED) is 0.851.